The molecule has 0 aliphatic carbocycles. The number of hydrogen-bond acceptors (Lipinski definition) is 5. The Hall–Kier alpha value is -1.77. The third-order valence-corrected chi connectivity index (χ3v) is 7.77. The molecule has 0 unspecified atom stereocenters. The van der Waals surface area contributed by atoms with Crippen molar-refractivity contribution in [3.63, 3.8) is 0 Å². The quantitative estimate of drug-likeness (QED) is 0.631. The van der Waals surface area contributed by atoms with Crippen LogP contribution in [0.4, 0.5) is 0 Å². The second kappa shape index (κ2) is 7.23. The van der Waals surface area contributed by atoms with Gasteiger partial charge in [-0.05, 0) is 52.2 Å². The molecule has 0 radical (unpaired) electrons. The number of carboxylic acids is 1. The lowest BCUT2D eigenvalue weighted by molar-refractivity contribution is -0.140. The van der Waals surface area contributed by atoms with Crippen LogP contribution in [-0.2, 0) is 21.1 Å². The van der Waals surface area contributed by atoms with E-state index in [-0.39, 0.29) is 10.6 Å². The molecule has 0 saturated carbocycles. The molecule has 130 valence electrons. The van der Waals surface area contributed by atoms with Crippen LogP contribution in [0.25, 0.3) is 10.9 Å². The average Bonchev–Trinajstić information content (AvgIpc) is 3.01. The predicted octanol–water partition coefficient (Wildman–Crippen LogP) is 3.78. The minimum Gasteiger partial charge on any atom is -0.481 e. The Labute approximate surface area is 157 Å². The molecule has 0 aliphatic heterocycles. The van der Waals surface area contributed by atoms with Gasteiger partial charge in [-0.1, -0.05) is 18.2 Å². The second-order valence-corrected chi connectivity index (χ2v) is 10.3. The first-order valence-corrected chi connectivity index (χ1v) is 10.7. The van der Waals surface area contributed by atoms with E-state index in [2.05, 4.69) is 20.9 Å². The fourth-order valence-electron chi connectivity index (χ4n) is 2.54. The highest BCUT2D eigenvalue weighted by molar-refractivity contribution is 9.11. The van der Waals surface area contributed by atoms with E-state index >= 15 is 0 Å². The number of carbonyl (C=O) groups is 1. The molecule has 3 rings (SSSR count). The molecule has 1 N–H and O–H groups in total. The molecule has 0 bridgehead atoms. The Morgan fingerprint density at radius 1 is 1.24 bits per heavy atom. The van der Waals surface area contributed by atoms with Gasteiger partial charge in [0, 0.05) is 11.6 Å². The van der Waals surface area contributed by atoms with E-state index in [9.17, 15) is 18.3 Å². The number of fused-ring (bicyclic) bond motifs is 1. The summed E-state index contributed by atoms with van der Waals surface area (Å²) in [7, 11) is -3.66. The first-order chi connectivity index (χ1) is 11.8. The lowest BCUT2D eigenvalue weighted by Gasteiger charge is -2.12. The Morgan fingerprint density at radius 2 is 2.00 bits per heavy atom. The molecule has 8 heteroatoms. The van der Waals surface area contributed by atoms with Crippen LogP contribution in [0.5, 0.6) is 0 Å². The van der Waals surface area contributed by atoms with Crippen molar-refractivity contribution in [2.75, 3.05) is 5.75 Å². The summed E-state index contributed by atoms with van der Waals surface area (Å²) in [4.78, 5) is 15.9. The van der Waals surface area contributed by atoms with Crippen LogP contribution in [0.3, 0.4) is 0 Å². The largest absolute Gasteiger partial charge is 0.481 e. The van der Waals surface area contributed by atoms with Gasteiger partial charge in [-0.15, -0.1) is 11.3 Å². The number of benzene rings is 1. The minimum absolute atomic E-state index is 0.110. The summed E-state index contributed by atoms with van der Waals surface area (Å²) < 4.78 is 25.8. The Morgan fingerprint density at radius 3 is 2.68 bits per heavy atom. The van der Waals surface area contributed by atoms with Crippen molar-refractivity contribution in [2.24, 2.45) is 5.92 Å². The van der Waals surface area contributed by atoms with Crippen molar-refractivity contribution in [1.82, 2.24) is 4.98 Å². The molecule has 3 aromatic rings. The lowest BCUT2D eigenvalue weighted by atomic mass is 10.0. The van der Waals surface area contributed by atoms with Crippen LogP contribution in [0, 0.1) is 5.92 Å². The number of nitrogens with zero attached hydrogens (tertiary/aromatic N) is 1. The summed E-state index contributed by atoms with van der Waals surface area (Å²) in [6, 6.07) is 12.5. The van der Waals surface area contributed by atoms with Gasteiger partial charge in [-0.25, -0.2) is 8.42 Å². The maximum Gasteiger partial charge on any atom is 0.307 e. The van der Waals surface area contributed by atoms with Crippen LogP contribution >= 0.6 is 27.3 Å². The summed E-state index contributed by atoms with van der Waals surface area (Å²) in [6.45, 7) is 0. The molecule has 2 aromatic heterocycles. The van der Waals surface area contributed by atoms with E-state index in [4.69, 9.17) is 0 Å². The molecule has 1 aromatic carbocycles. The van der Waals surface area contributed by atoms with Crippen LogP contribution in [-0.4, -0.2) is 30.2 Å². The minimum atomic E-state index is -3.66. The smallest absolute Gasteiger partial charge is 0.307 e. The molecule has 0 spiro atoms. The fraction of sp³-hybridized carbons (Fsp3) is 0.176. The normalized spacial score (nSPS) is 13.0. The lowest BCUT2D eigenvalue weighted by Crippen LogP contribution is -2.25. The van der Waals surface area contributed by atoms with Gasteiger partial charge in [-0.2, -0.15) is 0 Å². The maximum absolute atomic E-state index is 12.5. The number of para-hydroxylation sites is 1. The molecule has 1 atom stereocenters. The number of pyridine rings is 1. The van der Waals surface area contributed by atoms with E-state index in [1.54, 1.807) is 12.3 Å². The summed E-state index contributed by atoms with van der Waals surface area (Å²) in [5.74, 6) is -2.61. The number of halogens is 1. The van der Waals surface area contributed by atoms with E-state index < -0.39 is 27.5 Å². The zero-order valence-electron chi connectivity index (χ0n) is 12.9. The van der Waals surface area contributed by atoms with Crippen LogP contribution in [0.2, 0.25) is 0 Å². The molecular weight excluding hydrogens is 426 g/mol. The fourth-order valence-corrected chi connectivity index (χ4v) is 6.19. The van der Waals surface area contributed by atoms with Crippen molar-refractivity contribution < 1.29 is 18.3 Å². The molecule has 5 nitrogen and oxygen atoms in total. The van der Waals surface area contributed by atoms with E-state index in [1.165, 1.54) is 6.07 Å². The van der Waals surface area contributed by atoms with Gasteiger partial charge in [0.15, 0.2) is 9.84 Å². The van der Waals surface area contributed by atoms with Crippen molar-refractivity contribution in [3.05, 3.63) is 58.0 Å². The Bertz CT molecular complexity index is 1030. The van der Waals surface area contributed by atoms with Gasteiger partial charge >= 0.3 is 5.97 Å². The first-order valence-electron chi connectivity index (χ1n) is 7.40. The highest BCUT2D eigenvalue weighted by atomic mass is 79.9. The van der Waals surface area contributed by atoms with Crippen molar-refractivity contribution in [3.8, 4) is 0 Å². The van der Waals surface area contributed by atoms with E-state index in [1.807, 2.05) is 30.3 Å². The van der Waals surface area contributed by atoms with Gasteiger partial charge in [0.2, 0.25) is 0 Å². The summed E-state index contributed by atoms with van der Waals surface area (Å²) >= 11 is 4.31. The number of rotatable bonds is 6. The highest BCUT2D eigenvalue weighted by Crippen LogP contribution is 2.28. The third-order valence-electron chi connectivity index (χ3n) is 3.75. The molecule has 0 amide bonds. The predicted molar refractivity (Wildman–Crippen MR) is 101 cm³/mol. The van der Waals surface area contributed by atoms with Gasteiger partial charge < -0.3 is 5.11 Å². The third kappa shape index (κ3) is 4.26. The van der Waals surface area contributed by atoms with E-state index in [0.717, 1.165) is 22.2 Å². The van der Waals surface area contributed by atoms with Crippen LogP contribution in [0.1, 0.15) is 5.56 Å². The molecular formula is C17H14BrNO4S2. The standard InChI is InChI=1S/C17H14BrNO4S2/c18-15-5-6-16(24-15)25(22,23)10-13(17(20)21)8-11-7-12-3-1-2-4-14(12)19-9-11/h1-7,9,13H,8,10H2,(H,20,21)/t13-/m1/s1. The highest BCUT2D eigenvalue weighted by Gasteiger charge is 2.28. The Balaban J connectivity index is 1.84. The zero-order chi connectivity index (χ0) is 18.0. The number of thiophene rings is 1. The van der Waals surface area contributed by atoms with Gasteiger partial charge in [0.1, 0.15) is 4.21 Å². The van der Waals surface area contributed by atoms with Crippen LogP contribution in [0.15, 0.2) is 56.7 Å². The number of hydrogen-bond donors (Lipinski definition) is 1. The molecule has 2 heterocycles. The number of aliphatic carboxylic acids is 1. The van der Waals surface area contributed by atoms with Crippen molar-refractivity contribution in [2.45, 2.75) is 10.6 Å². The monoisotopic (exact) mass is 439 g/mol. The number of aromatic nitrogens is 1. The average molecular weight is 440 g/mol. The zero-order valence-corrected chi connectivity index (χ0v) is 16.1. The Kier molecular flexibility index (Phi) is 5.21. The number of carboxylic acid groups (broad SMARTS) is 1. The van der Waals surface area contributed by atoms with Crippen molar-refractivity contribution in [1.29, 1.82) is 0 Å². The van der Waals surface area contributed by atoms with Gasteiger partial charge in [-0.3, -0.25) is 9.78 Å². The van der Waals surface area contributed by atoms with Gasteiger partial charge in [0.05, 0.1) is 21.0 Å². The maximum atomic E-state index is 12.5. The summed E-state index contributed by atoms with van der Waals surface area (Å²) in [5.41, 5.74) is 1.52. The summed E-state index contributed by atoms with van der Waals surface area (Å²) in [6.07, 6.45) is 1.71. The van der Waals surface area contributed by atoms with Gasteiger partial charge in [0.25, 0.3) is 0 Å². The molecule has 0 saturated heterocycles. The first kappa shape index (κ1) is 18.0. The topological polar surface area (TPSA) is 84.3 Å². The second-order valence-electron chi connectivity index (χ2n) is 5.62. The summed E-state index contributed by atoms with van der Waals surface area (Å²) in [5, 5.41) is 10.4. The molecule has 0 fully saturated rings. The number of sulfone groups is 1. The van der Waals surface area contributed by atoms with Crippen LogP contribution < -0.4 is 0 Å². The molecule has 25 heavy (non-hydrogen) atoms. The van der Waals surface area contributed by atoms with E-state index in [0.29, 0.717) is 9.35 Å². The SMILES string of the molecule is O=C(O)[C@H](Cc1cnc2ccccc2c1)CS(=O)(=O)c1ccc(Br)s1. The van der Waals surface area contributed by atoms with Crippen molar-refractivity contribution >= 4 is 54.0 Å². The molecule has 0 aliphatic rings.